The number of carboxylic acid groups (broad SMARTS) is 1. The summed E-state index contributed by atoms with van der Waals surface area (Å²) in [7, 11) is 3.37. The molecule has 31 heavy (non-hydrogen) atoms. The molecule has 168 valence electrons. The third-order valence-corrected chi connectivity index (χ3v) is 5.42. The minimum atomic E-state index is -1.18. The van der Waals surface area contributed by atoms with E-state index in [1.807, 2.05) is 30.3 Å². The van der Waals surface area contributed by atoms with Crippen molar-refractivity contribution in [3.8, 4) is 5.75 Å². The van der Waals surface area contributed by atoms with E-state index in [9.17, 15) is 14.7 Å². The fourth-order valence-electron chi connectivity index (χ4n) is 3.76. The van der Waals surface area contributed by atoms with E-state index in [1.165, 1.54) is 5.01 Å². The minimum Gasteiger partial charge on any atom is -0.480 e. The molecular formula is C24H33N3O4. The molecule has 0 aliphatic carbocycles. The molecule has 2 aromatic rings. The van der Waals surface area contributed by atoms with E-state index in [1.54, 1.807) is 38.4 Å². The fraction of sp³-hybridized carbons (Fsp3) is 0.417. The van der Waals surface area contributed by atoms with Crippen LogP contribution in [0.2, 0.25) is 0 Å². The Morgan fingerprint density at radius 1 is 0.968 bits per heavy atom. The van der Waals surface area contributed by atoms with Gasteiger partial charge in [0.05, 0.1) is 0 Å². The smallest absolute Gasteiger partial charge is 0.427 e. The molecule has 0 radical (unpaired) electrons. The molecule has 2 rings (SSSR count). The van der Waals surface area contributed by atoms with Gasteiger partial charge in [-0.25, -0.2) is 9.80 Å². The van der Waals surface area contributed by atoms with E-state index in [0.717, 1.165) is 31.6 Å². The minimum absolute atomic E-state index is 0.346. The third-order valence-electron chi connectivity index (χ3n) is 5.42. The highest BCUT2D eigenvalue weighted by atomic mass is 16.6. The van der Waals surface area contributed by atoms with E-state index in [2.05, 4.69) is 24.2 Å². The van der Waals surface area contributed by atoms with E-state index < -0.39 is 17.5 Å². The maximum Gasteiger partial charge on any atom is 0.427 e. The molecule has 0 bridgehead atoms. The summed E-state index contributed by atoms with van der Waals surface area (Å²) in [5.74, 6) is -0.546. The van der Waals surface area contributed by atoms with Crippen molar-refractivity contribution in [1.82, 2.24) is 15.3 Å². The normalized spacial score (nSPS) is 13.1. The second kappa shape index (κ2) is 11.5. The van der Waals surface area contributed by atoms with Crippen molar-refractivity contribution in [2.45, 2.75) is 32.1 Å². The van der Waals surface area contributed by atoms with Crippen molar-refractivity contribution in [2.24, 2.45) is 0 Å². The standard InChI is InChI=1S/C24H33N3O4/c1-5-27(6-2)18-10-17-24(22(28)29,19-11-8-7-9-12-19)20-13-15-21(16-14-20)31-23(30)25-26(3)4/h7-9,11-16H,5-6,10,17-18H2,1-4H3,(H,25,30)(H,28,29). The van der Waals surface area contributed by atoms with Crippen LogP contribution in [0.1, 0.15) is 37.8 Å². The SMILES string of the molecule is CCN(CC)CCCC(C(=O)O)(c1ccccc1)c1ccc(OC(=O)NN(C)C)cc1. The van der Waals surface area contributed by atoms with Gasteiger partial charge in [-0.1, -0.05) is 56.3 Å². The Morgan fingerprint density at radius 3 is 2.06 bits per heavy atom. The number of nitrogens with one attached hydrogen (secondary N) is 1. The Hall–Kier alpha value is -2.90. The van der Waals surface area contributed by atoms with Gasteiger partial charge in [0, 0.05) is 14.1 Å². The van der Waals surface area contributed by atoms with Crippen LogP contribution >= 0.6 is 0 Å². The van der Waals surface area contributed by atoms with Gasteiger partial charge in [-0.15, -0.1) is 0 Å². The summed E-state index contributed by atoms with van der Waals surface area (Å²) in [6.07, 6.45) is 0.598. The van der Waals surface area contributed by atoms with Crippen molar-refractivity contribution in [3.05, 3.63) is 65.7 Å². The molecule has 7 heteroatoms. The van der Waals surface area contributed by atoms with Gasteiger partial charge in [0.2, 0.25) is 0 Å². The fourth-order valence-corrected chi connectivity index (χ4v) is 3.76. The summed E-state index contributed by atoms with van der Waals surface area (Å²) in [4.78, 5) is 26.8. The van der Waals surface area contributed by atoms with Crippen molar-refractivity contribution >= 4 is 12.1 Å². The zero-order chi connectivity index (χ0) is 22.9. The topological polar surface area (TPSA) is 82.1 Å². The maximum absolute atomic E-state index is 12.7. The van der Waals surface area contributed by atoms with Gasteiger partial charge in [-0.05, 0) is 55.7 Å². The van der Waals surface area contributed by atoms with Crippen LogP contribution in [0.4, 0.5) is 4.79 Å². The summed E-state index contributed by atoms with van der Waals surface area (Å²) < 4.78 is 5.25. The van der Waals surface area contributed by atoms with Crippen molar-refractivity contribution in [3.63, 3.8) is 0 Å². The molecular weight excluding hydrogens is 394 g/mol. The number of hydrogen-bond acceptors (Lipinski definition) is 5. The molecule has 1 amide bonds. The highest BCUT2D eigenvalue weighted by Gasteiger charge is 2.41. The summed E-state index contributed by atoms with van der Waals surface area (Å²) in [5.41, 5.74) is 2.72. The van der Waals surface area contributed by atoms with Crippen LogP contribution in [-0.4, -0.2) is 60.8 Å². The van der Waals surface area contributed by atoms with Crippen LogP contribution < -0.4 is 10.2 Å². The lowest BCUT2D eigenvalue weighted by atomic mass is 9.71. The molecule has 0 saturated heterocycles. The zero-order valence-corrected chi connectivity index (χ0v) is 18.8. The third kappa shape index (κ3) is 6.29. The second-order valence-corrected chi connectivity index (χ2v) is 7.63. The average molecular weight is 428 g/mol. The Kier molecular flexibility index (Phi) is 9.03. The molecule has 1 unspecified atom stereocenters. The van der Waals surface area contributed by atoms with Crippen LogP contribution in [-0.2, 0) is 10.2 Å². The molecule has 2 aromatic carbocycles. The van der Waals surface area contributed by atoms with E-state index in [0.29, 0.717) is 17.7 Å². The van der Waals surface area contributed by atoms with Gasteiger partial charge in [-0.2, -0.15) is 0 Å². The van der Waals surface area contributed by atoms with Gasteiger partial charge in [0.1, 0.15) is 11.2 Å². The maximum atomic E-state index is 12.7. The number of nitrogens with zero attached hydrogens (tertiary/aromatic N) is 2. The van der Waals surface area contributed by atoms with Crippen LogP contribution in [0, 0.1) is 0 Å². The van der Waals surface area contributed by atoms with Gasteiger partial charge >= 0.3 is 12.1 Å². The highest BCUT2D eigenvalue weighted by molar-refractivity contribution is 5.86. The molecule has 2 N–H and O–H groups in total. The Balaban J connectivity index is 2.35. The number of carbonyl (C=O) groups is 2. The van der Waals surface area contributed by atoms with E-state index >= 15 is 0 Å². The number of benzene rings is 2. The molecule has 0 fully saturated rings. The van der Waals surface area contributed by atoms with Gasteiger partial charge in [0.15, 0.2) is 0 Å². The molecule has 0 aliphatic heterocycles. The molecule has 1 atom stereocenters. The predicted molar refractivity (Wildman–Crippen MR) is 121 cm³/mol. The Bertz CT molecular complexity index is 836. The number of carboxylic acids is 1. The number of rotatable bonds is 11. The summed E-state index contributed by atoms with van der Waals surface area (Å²) >= 11 is 0. The molecule has 0 aliphatic rings. The second-order valence-electron chi connectivity index (χ2n) is 7.63. The molecule has 0 saturated carbocycles. The Morgan fingerprint density at radius 2 is 1.55 bits per heavy atom. The first-order valence-electron chi connectivity index (χ1n) is 10.6. The van der Waals surface area contributed by atoms with Gasteiger partial charge in [0.25, 0.3) is 0 Å². The number of amides is 1. The number of hydrogen-bond donors (Lipinski definition) is 2. The summed E-state index contributed by atoms with van der Waals surface area (Å²) in [5, 5.41) is 11.9. The average Bonchev–Trinajstić information content (AvgIpc) is 2.74. The monoisotopic (exact) mass is 427 g/mol. The number of carbonyl (C=O) groups excluding carboxylic acids is 1. The predicted octanol–water partition coefficient (Wildman–Crippen LogP) is 3.74. The largest absolute Gasteiger partial charge is 0.480 e. The lowest BCUT2D eigenvalue weighted by Crippen LogP contribution is -2.38. The van der Waals surface area contributed by atoms with Crippen LogP contribution in [0.3, 0.4) is 0 Å². The summed E-state index contributed by atoms with van der Waals surface area (Å²) in [6.45, 7) is 6.92. The van der Waals surface area contributed by atoms with Crippen molar-refractivity contribution in [2.75, 3.05) is 33.7 Å². The first-order valence-corrected chi connectivity index (χ1v) is 10.6. The number of aliphatic carboxylic acids is 1. The highest BCUT2D eigenvalue weighted by Crippen LogP contribution is 2.38. The number of ether oxygens (including phenoxy) is 1. The molecule has 0 aromatic heterocycles. The summed E-state index contributed by atoms with van der Waals surface area (Å²) in [6, 6.07) is 16.1. The quantitative estimate of drug-likeness (QED) is 0.532. The lowest BCUT2D eigenvalue weighted by Gasteiger charge is -2.32. The van der Waals surface area contributed by atoms with E-state index in [-0.39, 0.29) is 0 Å². The zero-order valence-electron chi connectivity index (χ0n) is 18.8. The van der Waals surface area contributed by atoms with Gasteiger partial charge < -0.3 is 14.7 Å². The van der Waals surface area contributed by atoms with Crippen LogP contribution in [0.25, 0.3) is 0 Å². The first kappa shape index (κ1) is 24.4. The van der Waals surface area contributed by atoms with Crippen LogP contribution in [0.15, 0.2) is 54.6 Å². The molecule has 0 spiro atoms. The lowest BCUT2D eigenvalue weighted by molar-refractivity contribution is -0.142. The van der Waals surface area contributed by atoms with Crippen molar-refractivity contribution in [1.29, 1.82) is 0 Å². The Labute approximate surface area is 184 Å². The molecule has 0 heterocycles. The first-order chi connectivity index (χ1) is 14.8. The van der Waals surface area contributed by atoms with E-state index in [4.69, 9.17) is 4.74 Å². The molecule has 7 nitrogen and oxygen atoms in total. The van der Waals surface area contributed by atoms with Gasteiger partial charge in [-0.3, -0.25) is 10.2 Å². The van der Waals surface area contributed by atoms with Crippen LogP contribution in [0.5, 0.6) is 5.75 Å². The van der Waals surface area contributed by atoms with Crippen molar-refractivity contribution < 1.29 is 19.4 Å². The number of hydrazine groups is 1.